The Morgan fingerprint density at radius 1 is 1.11 bits per heavy atom. The fraction of sp³-hybridized carbons (Fsp3) is 0.550. The highest BCUT2D eigenvalue weighted by Crippen LogP contribution is 2.35. The van der Waals surface area contributed by atoms with Gasteiger partial charge in [0, 0.05) is 30.6 Å². The first-order chi connectivity index (χ1) is 13.3. The van der Waals surface area contributed by atoms with Crippen molar-refractivity contribution in [3.05, 3.63) is 18.5 Å². The zero-order valence-electron chi connectivity index (χ0n) is 17.1. The smallest absolute Gasteiger partial charge is 0.407 e. The van der Waals surface area contributed by atoms with Crippen LogP contribution in [0.15, 0.2) is 18.5 Å². The molecule has 1 saturated heterocycles. The van der Waals surface area contributed by atoms with E-state index >= 15 is 0 Å². The second-order valence-corrected chi connectivity index (χ2v) is 7.83. The second-order valence-electron chi connectivity index (χ2n) is 7.83. The molecular formula is C20H28N4O4. The topological polar surface area (TPSA) is 85.8 Å². The number of ether oxygens (including phenoxy) is 3. The minimum Gasteiger partial charge on any atom is -0.493 e. The molecule has 2 heterocycles. The van der Waals surface area contributed by atoms with Crippen LogP contribution in [0.5, 0.6) is 11.5 Å². The molecule has 3 rings (SSSR count). The Bertz CT molecular complexity index is 842. The predicted octanol–water partition coefficient (Wildman–Crippen LogP) is 3.14. The van der Waals surface area contributed by atoms with Crippen LogP contribution in [-0.4, -0.2) is 55.0 Å². The molecule has 1 N–H and O–H groups in total. The van der Waals surface area contributed by atoms with Gasteiger partial charge in [0.25, 0.3) is 0 Å². The molecule has 1 aliphatic heterocycles. The Kier molecular flexibility index (Phi) is 5.76. The van der Waals surface area contributed by atoms with Crippen LogP contribution < -0.4 is 19.7 Å². The number of hydrogen-bond acceptors (Lipinski definition) is 7. The number of carbonyl (C=O) groups is 1. The highest BCUT2D eigenvalue weighted by Gasteiger charge is 2.25. The number of nitrogens with zero attached hydrogens (tertiary/aromatic N) is 3. The van der Waals surface area contributed by atoms with Crippen LogP contribution in [0.4, 0.5) is 10.6 Å². The summed E-state index contributed by atoms with van der Waals surface area (Å²) in [6.07, 6.45) is 2.83. The lowest BCUT2D eigenvalue weighted by Crippen LogP contribution is -2.46. The molecule has 1 aliphatic rings. The van der Waals surface area contributed by atoms with Crippen LogP contribution in [0.2, 0.25) is 0 Å². The maximum Gasteiger partial charge on any atom is 0.407 e. The molecule has 2 aromatic rings. The summed E-state index contributed by atoms with van der Waals surface area (Å²) in [5.41, 5.74) is 0.307. The third-order valence-electron chi connectivity index (χ3n) is 4.63. The van der Waals surface area contributed by atoms with Gasteiger partial charge in [0.2, 0.25) is 0 Å². The van der Waals surface area contributed by atoms with Gasteiger partial charge in [-0.15, -0.1) is 0 Å². The lowest BCUT2D eigenvalue weighted by Gasteiger charge is -2.34. The van der Waals surface area contributed by atoms with E-state index in [0.29, 0.717) is 11.5 Å². The Labute approximate surface area is 165 Å². The number of aromatic nitrogens is 2. The van der Waals surface area contributed by atoms with E-state index in [9.17, 15) is 4.79 Å². The van der Waals surface area contributed by atoms with Crippen molar-refractivity contribution in [1.82, 2.24) is 15.3 Å². The minimum absolute atomic E-state index is 0.0915. The van der Waals surface area contributed by atoms with Gasteiger partial charge in [-0.2, -0.15) is 0 Å². The number of fused-ring (bicyclic) bond motifs is 1. The number of anilines is 1. The van der Waals surface area contributed by atoms with Crippen LogP contribution in [0, 0.1) is 0 Å². The van der Waals surface area contributed by atoms with Gasteiger partial charge in [0.15, 0.2) is 11.5 Å². The number of alkyl carbamates (subject to hydrolysis) is 1. The molecule has 0 unspecified atom stereocenters. The first-order valence-electron chi connectivity index (χ1n) is 9.42. The summed E-state index contributed by atoms with van der Waals surface area (Å²) in [5.74, 6) is 2.15. The fourth-order valence-electron chi connectivity index (χ4n) is 3.33. The van der Waals surface area contributed by atoms with E-state index in [4.69, 9.17) is 14.2 Å². The molecule has 0 spiro atoms. The van der Waals surface area contributed by atoms with Gasteiger partial charge in [-0.25, -0.2) is 14.8 Å². The Morgan fingerprint density at radius 2 is 1.75 bits per heavy atom. The summed E-state index contributed by atoms with van der Waals surface area (Å²) < 4.78 is 16.1. The number of carbonyl (C=O) groups excluding carboxylic acids is 1. The van der Waals surface area contributed by atoms with Gasteiger partial charge in [-0.1, -0.05) is 0 Å². The van der Waals surface area contributed by atoms with Crippen LogP contribution in [0.3, 0.4) is 0 Å². The summed E-state index contributed by atoms with van der Waals surface area (Å²) in [6, 6.07) is 3.86. The van der Waals surface area contributed by atoms with Crippen molar-refractivity contribution in [2.75, 3.05) is 32.2 Å². The molecule has 1 fully saturated rings. The van der Waals surface area contributed by atoms with E-state index < -0.39 is 5.60 Å². The molecule has 8 nitrogen and oxygen atoms in total. The van der Waals surface area contributed by atoms with Crippen molar-refractivity contribution >= 4 is 22.8 Å². The fourth-order valence-corrected chi connectivity index (χ4v) is 3.33. The number of benzene rings is 1. The second kappa shape index (κ2) is 8.08. The first-order valence-corrected chi connectivity index (χ1v) is 9.42. The average Bonchev–Trinajstić information content (AvgIpc) is 2.65. The predicted molar refractivity (Wildman–Crippen MR) is 107 cm³/mol. The summed E-state index contributed by atoms with van der Waals surface area (Å²) in [5, 5.41) is 3.88. The molecule has 0 aliphatic carbocycles. The molecule has 28 heavy (non-hydrogen) atoms. The van der Waals surface area contributed by atoms with Crippen LogP contribution in [0.1, 0.15) is 33.6 Å². The zero-order valence-corrected chi connectivity index (χ0v) is 17.1. The largest absolute Gasteiger partial charge is 0.493 e. The zero-order chi connectivity index (χ0) is 20.3. The molecule has 0 radical (unpaired) electrons. The van der Waals surface area contributed by atoms with E-state index in [1.165, 1.54) is 0 Å². The maximum absolute atomic E-state index is 12.0. The van der Waals surface area contributed by atoms with Crippen molar-refractivity contribution in [2.24, 2.45) is 0 Å². The van der Waals surface area contributed by atoms with Gasteiger partial charge >= 0.3 is 6.09 Å². The number of amides is 1. The van der Waals surface area contributed by atoms with Gasteiger partial charge < -0.3 is 24.4 Å². The summed E-state index contributed by atoms with van der Waals surface area (Å²) in [4.78, 5) is 23.1. The van der Waals surface area contributed by atoms with Crippen molar-refractivity contribution in [3.63, 3.8) is 0 Å². The maximum atomic E-state index is 12.0. The number of nitrogens with one attached hydrogen (secondary N) is 1. The number of rotatable bonds is 4. The number of methoxy groups -OCH3 is 2. The van der Waals surface area contributed by atoms with E-state index in [2.05, 4.69) is 20.2 Å². The first kappa shape index (κ1) is 20.0. The normalized spacial score (nSPS) is 15.4. The summed E-state index contributed by atoms with van der Waals surface area (Å²) in [6.45, 7) is 7.14. The van der Waals surface area contributed by atoms with Crippen molar-refractivity contribution in [2.45, 2.75) is 45.3 Å². The van der Waals surface area contributed by atoms with E-state index in [0.717, 1.165) is 42.7 Å². The van der Waals surface area contributed by atoms with Gasteiger partial charge in [0.05, 0.1) is 19.7 Å². The Hall–Kier alpha value is -2.77. The number of piperidine rings is 1. The Balaban J connectivity index is 1.72. The SMILES string of the molecule is COc1cc2ncnc(N3CCC(NC(=O)OC(C)(C)C)CC3)c2cc1OC. The molecule has 0 atom stereocenters. The molecule has 1 amide bonds. The van der Waals surface area contributed by atoms with Crippen molar-refractivity contribution in [1.29, 1.82) is 0 Å². The third kappa shape index (κ3) is 4.55. The van der Waals surface area contributed by atoms with E-state index in [1.54, 1.807) is 20.5 Å². The van der Waals surface area contributed by atoms with E-state index in [-0.39, 0.29) is 12.1 Å². The summed E-state index contributed by atoms with van der Waals surface area (Å²) in [7, 11) is 3.22. The third-order valence-corrected chi connectivity index (χ3v) is 4.63. The molecule has 152 valence electrons. The lowest BCUT2D eigenvalue weighted by atomic mass is 10.0. The van der Waals surface area contributed by atoms with Crippen LogP contribution in [0.25, 0.3) is 10.9 Å². The van der Waals surface area contributed by atoms with E-state index in [1.807, 2.05) is 32.9 Å². The quantitative estimate of drug-likeness (QED) is 0.861. The molecular weight excluding hydrogens is 360 g/mol. The minimum atomic E-state index is -0.495. The highest BCUT2D eigenvalue weighted by molar-refractivity contribution is 5.92. The standard InChI is InChI=1S/C20H28N4O4/c1-20(2,3)28-19(25)23-13-6-8-24(9-7-13)18-14-10-16(26-4)17(27-5)11-15(14)21-12-22-18/h10-13H,6-9H2,1-5H3,(H,23,25). The monoisotopic (exact) mass is 388 g/mol. The molecule has 0 saturated carbocycles. The van der Waals surface area contributed by atoms with Crippen molar-refractivity contribution in [3.8, 4) is 11.5 Å². The van der Waals surface area contributed by atoms with Crippen LogP contribution in [-0.2, 0) is 4.74 Å². The molecule has 8 heteroatoms. The van der Waals surface area contributed by atoms with Gasteiger partial charge in [0.1, 0.15) is 17.7 Å². The molecule has 1 aromatic heterocycles. The molecule has 1 aromatic carbocycles. The van der Waals surface area contributed by atoms with Crippen molar-refractivity contribution < 1.29 is 19.0 Å². The average molecular weight is 388 g/mol. The van der Waals surface area contributed by atoms with Gasteiger partial charge in [-0.3, -0.25) is 0 Å². The van der Waals surface area contributed by atoms with Crippen LogP contribution >= 0.6 is 0 Å². The summed E-state index contributed by atoms with van der Waals surface area (Å²) >= 11 is 0. The molecule has 0 bridgehead atoms. The Morgan fingerprint density at radius 3 is 2.36 bits per heavy atom. The van der Waals surface area contributed by atoms with Gasteiger partial charge in [-0.05, 0) is 39.7 Å². The lowest BCUT2D eigenvalue weighted by molar-refractivity contribution is 0.0497. The number of hydrogen-bond donors (Lipinski definition) is 1. The highest BCUT2D eigenvalue weighted by atomic mass is 16.6.